The average Bonchev–Trinajstić information content (AvgIpc) is 3.14. The van der Waals surface area contributed by atoms with Gasteiger partial charge in [0.1, 0.15) is 24.4 Å². The molecule has 13 nitrogen and oxygen atoms in total. The van der Waals surface area contributed by atoms with Crippen LogP contribution in [0.15, 0.2) is 0 Å². The van der Waals surface area contributed by atoms with Gasteiger partial charge in [-0.05, 0) is 38.0 Å². The maximum absolute atomic E-state index is 12.7. The predicted octanol–water partition coefficient (Wildman–Crippen LogP) is -0.588. The highest BCUT2D eigenvalue weighted by Crippen LogP contribution is 2.60. The Morgan fingerprint density at radius 1 is 1.00 bits per heavy atom. The largest absolute Gasteiger partial charge is 0.435 e. The third-order valence-corrected chi connectivity index (χ3v) is 9.10. The van der Waals surface area contributed by atoms with E-state index >= 15 is 0 Å². The number of likely N-dealkylation sites (N-methyl/N-ethyl adjacent to an activating group) is 1. The van der Waals surface area contributed by atoms with Gasteiger partial charge in [-0.2, -0.15) is 0 Å². The van der Waals surface area contributed by atoms with Gasteiger partial charge in [0.2, 0.25) is 18.0 Å². The Kier molecular flexibility index (Phi) is 9.26. The van der Waals surface area contributed by atoms with Crippen LogP contribution in [0.4, 0.5) is 0 Å². The zero-order valence-corrected chi connectivity index (χ0v) is 23.0. The summed E-state index contributed by atoms with van der Waals surface area (Å²) in [5, 5.41) is 48.1. The molecule has 4 saturated heterocycles. The molecule has 4 aliphatic heterocycles. The number of aliphatic hydroxyl groups is 5. The fourth-order valence-electron chi connectivity index (χ4n) is 6.65. The Labute approximate surface area is 227 Å². The number of hydrogen-bond donors (Lipinski definition) is 5. The monoisotopic (exact) mass is 561 g/mol. The fraction of sp³-hybridized carbons (Fsp3) is 0.923. The van der Waals surface area contributed by atoms with Gasteiger partial charge in [0, 0.05) is 38.3 Å². The summed E-state index contributed by atoms with van der Waals surface area (Å²) in [7, 11) is 1.37. The third-order valence-electron chi connectivity index (χ3n) is 9.10. The molecule has 4 heterocycles. The number of esters is 1. The van der Waals surface area contributed by atoms with E-state index in [9.17, 15) is 30.0 Å². The molecule has 13 heteroatoms. The summed E-state index contributed by atoms with van der Waals surface area (Å²) < 4.78 is 18.2. The number of nitrogens with zero attached hydrogens (tertiary/aromatic N) is 1. The molecule has 5 fully saturated rings. The lowest BCUT2D eigenvalue weighted by Gasteiger charge is -2.59. The van der Waals surface area contributed by atoms with Crippen molar-refractivity contribution in [3.63, 3.8) is 0 Å². The van der Waals surface area contributed by atoms with E-state index in [1.54, 1.807) is 0 Å². The van der Waals surface area contributed by atoms with Gasteiger partial charge in [0.05, 0.1) is 13.0 Å². The van der Waals surface area contributed by atoms with E-state index in [0.29, 0.717) is 12.3 Å². The summed E-state index contributed by atoms with van der Waals surface area (Å²) in [6, 6.07) is 0. The van der Waals surface area contributed by atoms with Crippen molar-refractivity contribution < 1.29 is 59.1 Å². The van der Waals surface area contributed by atoms with Gasteiger partial charge < -0.3 is 44.6 Å². The van der Waals surface area contributed by atoms with E-state index < -0.39 is 66.9 Å². The van der Waals surface area contributed by atoms with Crippen LogP contribution < -0.4 is 0 Å². The Bertz CT molecular complexity index is 891. The lowest BCUT2D eigenvalue weighted by Crippen LogP contribution is -2.70. The quantitative estimate of drug-likeness (QED) is 0.169. The smallest absolute Gasteiger partial charge is 0.308 e. The summed E-state index contributed by atoms with van der Waals surface area (Å²) in [6.45, 7) is 4.81. The first kappa shape index (κ1) is 30.5. The summed E-state index contributed by atoms with van der Waals surface area (Å²) in [5.74, 6) is -1.72. The van der Waals surface area contributed by atoms with Crippen LogP contribution in [0.1, 0.15) is 59.3 Å². The molecule has 5 rings (SSSR count). The summed E-state index contributed by atoms with van der Waals surface area (Å²) in [6.07, 6.45) is -5.52. The molecule has 2 bridgehead atoms. The van der Waals surface area contributed by atoms with Crippen LogP contribution in [0.5, 0.6) is 0 Å². The number of amides is 1. The Balaban J connectivity index is 1.32. The molecule has 1 aliphatic carbocycles. The van der Waals surface area contributed by atoms with E-state index in [0.717, 1.165) is 24.2 Å². The summed E-state index contributed by atoms with van der Waals surface area (Å²) in [4.78, 5) is 38.2. The van der Waals surface area contributed by atoms with E-state index in [4.69, 9.17) is 29.1 Å². The second kappa shape index (κ2) is 11.8. The number of carbonyl (C=O) groups excluding carboxylic acids is 2. The van der Waals surface area contributed by atoms with Crippen LogP contribution in [0, 0.1) is 23.7 Å². The number of hydrogen-bond acceptors (Lipinski definition) is 12. The van der Waals surface area contributed by atoms with Crippen molar-refractivity contribution in [1.29, 1.82) is 0 Å². The van der Waals surface area contributed by atoms with Gasteiger partial charge in [-0.1, -0.05) is 13.8 Å². The predicted molar refractivity (Wildman–Crippen MR) is 131 cm³/mol. The van der Waals surface area contributed by atoms with Crippen LogP contribution in [0.2, 0.25) is 0 Å². The molecular weight excluding hydrogens is 518 g/mol. The van der Waals surface area contributed by atoms with E-state index in [-0.39, 0.29) is 37.1 Å². The number of fused-ring (bicyclic) bond motifs is 2. The highest BCUT2D eigenvalue weighted by molar-refractivity contribution is 5.81. The molecule has 0 aromatic heterocycles. The minimum Gasteiger partial charge on any atom is -0.435 e. The molecule has 0 aromatic carbocycles. The topological polar surface area (TPSA) is 185 Å². The Morgan fingerprint density at radius 2 is 1.69 bits per heavy atom. The van der Waals surface area contributed by atoms with Crippen LogP contribution >= 0.6 is 0 Å². The molecule has 1 saturated carbocycles. The Hall–Kier alpha value is -1.42. The zero-order valence-electron chi connectivity index (χ0n) is 23.0. The first-order valence-electron chi connectivity index (χ1n) is 13.8. The van der Waals surface area contributed by atoms with E-state index in [1.165, 1.54) is 7.05 Å². The number of ether oxygens (including phenoxy) is 3. The van der Waals surface area contributed by atoms with Crippen LogP contribution in [0.3, 0.4) is 0 Å². The van der Waals surface area contributed by atoms with Crippen molar-refractivity contribution in [1.82, 2.24) is 4.90 Å². The molecule has 5 N–H and O–H groups in total. The molecule has 39 heavy (non-hydrogen) atoms. The molecular formula is C26H43NO12. The third kappa shape index (κ3) is 5.84. The van der Waals surface area contributed by atoms with Gasteiger partial charge in [0.25, 0.3) is 0 Å². The molecule has 7 unspecified atom stereocenters. The van der Waals surface area contributed by atoms with Gasteiger partial charge in [-0.15, -0.1) is 0 Å². The minimum absolute atomic E-state index is 0.0155. The maximum atomic E-state index is 12.7. The molecule has 0 radical (unpaired) electrons. The Morgan fingerprint density at radius 3 is 2.38 bits per heavy atom. The van der Waals surface area contributed by atoms with Crippen LogP contribution in [-0.4, -0.2) is 111 Å². The molecule has 5 aliphatic rings. The number of rotatable bonds is 10. The first-order valence-corrected chi connectivity index (χ1v) is 13.8. The second-order valence-electron chi connectivity index (χ2n) is 11.8. The highest BCUT2D eigenvalue weighted by Gasteiger charge is 2.69. The van der Waals surface area contributed by atoms with Crippen LogP contribution in [-0.2, 0) is 33.6 Å². The lowest BCUT2D eigenvalue weighted by molar-refractivity contribution is -0.576. The van der Waals surface area contributed by atoms with Crippen molar-refractivity contribution >= 4 is 11.9 Å². The van der Waals surface area contributed by atoms with Crippen molar-refractivity contribution in [2.45, 2.75) is 108 Å². The van der Waals surface area contributed by atoms with E-state index in [1.807, 2.05) is 13.8 Å². The number of carbonyl (C=O) groups is 2. The highest BCUT2D eigenvalue weighted by atomic mass is 17.3. The molecule has 12 atom stereocenters. The molecule has 1 spiro atoms. The molecule has 1 amide bonds. The SMILES string of the molecule is C[C@@H]1CCC2[C@@H](C)[C@H](OC(=O)CCC(=O)N(C)CC(O)C(O)C(O)C(O)CO)O[C@@H]3OC4(C)CCC1[C@@]23OO4. The van der Waals surface area contributed by atoms with Gasteiger partial charge >= 0.3 is 5.97 Å². The average molecular weight is 562 g/mol. The van der Waals surface area contributed by atoms with Gasteiger partial charge in [0.15, 0.2) is 11.9 Å². The van der Waals surface area contributed by atoms with Crippen molar-refractivity contribution in [3.05, 3.63) is 0 Å². The minimum atomic E-state index is -1.80. The standard InChI is InChI=1S/C26H43NO12/c1-13-5-6-16-14(2)23(36-24-26(16)15(13)9-10-25(3,37-24)38-39-26)35-20(32)8-7-19(31)27(4)11-17(29)21(33)22(34)18(30)12-28/h13-18,21-24,28-30,33-34H,5-12H2,1-4H3/t13-,14-,15?,16?,17?,18?,21?,22?,23-,24-,25?,26-/m1/s1. The van der Waals surface area contributed by atoms with E-state index in [2.05, 4.69) is 6.92 Å². The zero-order chi connectivity index (χ0) is 28.7. The summed E-state index contributed by atoms with van der Waals surface area (Å²) in [5.41, 5.74) is -0.777. The maximum Gasteiger partial charge on any atom is 0.308 e. The van der Waals surface area contributed by atoms with Crippen molar-refractivity contribution in [3.8, 4) is 0 Å². The summed E-state index contributed by atoms with van der Waals surface area (Å²) >= 11 is 0. The van der Waals surface area contributed by atoms with Crippen LogP contribution in [0.25, 0.3) is 0 Å². The van der Waals surface area contributed by atoms with Crippen molar-refractivity contribution in [2.75, 3.05) is 20.2 Å². The van der Waals surface area contributed by atoms with Crippen molar-refractivity contribution in [2.24, 2.45) is 23.7 Å². The van der Waals surface area contributed by atoms with Gasteiger partial charge in [-0.3, -0.25) is 9.59 Å². The first-order chi connectivity index (χ1) is 18.3. The fourth-order valence-corrected chi connectivity index (χ4v) is 6.65. The normalized spacial score (nSPS) is 40.5. The molecule has 0 aromatic rings. The number of aliphatic hydroxyl groups excluding tert-OH is 5. The second-order valence-corrected chi connectivity index (χ2v) is 11.8. The molecule has 224 valence electrons. The van der Waals surface area contributed by atoms with Gasteiger partial charge in [-0.25, -0.2) is 9.78 Å². The lowest BCUT2D eigenvalue weighted by atomic mass is 9.58.